The fourth-order valence-electron chi connectivity index (χ4n) is 5.13. The van der Waals surface area contributed by atoms with Gasteiger partial charge in [-0.05, 0) is 81.7 Å². The largest absolute Gasteiger partial charge is 0.369 e. The molecule has 4 N–H and O–H groups in total. The quantitative estimate of drug-likeness (QED) is 0.0948. The number of hydrogen-bond acceptors (Lipinski definition) is 6. The summed E-state index contributed by atoms with van der Waals surface area (Å²) < 4.78 is 3.28. The normalized spacial score (nSPS) is 10.9. The Morgan fingerprint density at radius 2 is 1.20 bits per heavy atom. The monoisotopic (exact) mass is 708 g/mol. The second kappa shape index (κ2) is 17.6. The average Bonchev–Trinajstić information content (AvgIpc) is 3.63. The van der Waals surface area contributed by atoms with Crippen molar-refractivity contribution in [1.82, 2.24) is 19.4 Å². The zero-order chi connectivity index (χ0) is 35.5. The Hall–Kier alpha value is -4.78. The van der Waals surface area contributed by atoms with Gasteiger partial charge in [0.15, 0.2) is 0 Å². The van der Waals surface area contributed by atoms with Gasteiger partial charge >= 0.3 is 0 Å². The van der Waals surface area contributed by atoms with Gasteiger partial charge in [-0.15, -0.1) is 23.2 Å². The van der Waals surface area contributed by atoms with Crippen LogP contribution in [0.15, 0.2) is 73.1 Å². The highest BCUT2D eigenvalue weighted by Gasteiger charge is 2.17. The highest BCUT2D eigenvalue weighted by Crippen LogP contribution is 2.21. The second-order valence-electron chi connectivity index (χ2n) is 11.7. The van der Waals surface area contributed by atoms with Gasteiger partial charge in [0.25, 0.3) is 23.6 Å². The molecule has 0 aliphatic rings. The SMILES string of the molecule is CN(C)CCCNC(=O)c1cc(NC(=O)c2ccc(NC(=O)c3cc(NC(=O)c4cccc(N(CCCl)CCCl)c4)cn3C)cc2)cn1C. The molecule has 0 fully saturated rings. The van der Waals surface area contributed by atoms with Gasteiger partial charge < -0.3 is 40.2 Å². The third-order valence-corrected chi connectivity index (χ3v) is 7.98. The average molecular weight is 710 g/mol. The number of nitrogens with zero attached hydrogens (tertiary/aromatic N) is 4. The number of benzene rings is 2. The van der Waals surface area contributed by atoms with Gasteiger partial charge in [0, 0.05) is 80.4 Å². The van der Waals surface area contributed by atoms with Crippen molar-refractivity contribution in [3.63, 3.8) is 0 Å². The Morgan fingerprint density at radius 1 is 0.653 bits per heavy atom. The summed E-state index contributed by atoms with van der Waals surface area (Å²) in [5, 5.41) is 11.4. The number of hydrogen-bond donors (Lipinski definition) is 4. The van der Waals surface area contributed by atoms with Crippen LogP contribution in [0.2, 0.25) is 0 Å². The first-order valence-corrected chi connectivity index (χ1v) is 16.8. The molecule has 0 saturated carbocycles. The molecule has 2 heterocycles. The van der Waals surface area contributed by atoms with Crippen molar-refractivity contribution in [3.05, 3.63) is 95.6 Å². The Morgan fingerprint density at radius 3 is 1.78 bits per heavy atom. The first-order chi connectivity index (χ1) is 23.5. The molecule has 0 atom stereocenters. The summed E-state index contributed by atoms with van der Waals surface area (Å²) in [6, 6.07) is 16.8. The minimum absolute atomic E-state index is 0.215. The molecule has 14 heteroatoms. The molecule has 0 radical (unpaired) electrons. The van der Waals surface area contributed by atoms with Crippen LogP contribution in [0.5, 0.6) is 0 Å². The molecule has 4 rings (SSSR count). The number of halogens is 2. The summed E-state index contributed by atoms with van der Waals surface area (Å²) in [7, 11) is 7.41. The van der Waals surface area contributed by atoms with E-state index in [1.165, 1.54) is 0 Å². The van der Waals surface area contributed by atoms with E-state index in [9.17, 15) is 19.2 Å². The van der Waals surface area contributed by atoms with E-state index in [2.05, 4.69) is 26.2 Å². The summed E-state index contributed by atoms with van der Waals surface area (Å²) in [5.74, 6) is -0.435. The lowest BCUT2D eigenvalue weighted by Crippen LogP contribution is -2.28. The molecule has 0 bridgehead atoms. The third-order valence-electron chi connectivity index (χ3n) is 7.65. The minimum atomic E-state index is -0.392. The molecule has 0 unspecified atom stereocenters. The summed E-state index contributed by atoms with van der Waals surface area (Å²) in [4.78, 5) is 55.7. The molecule has 12 nitrogen and oxygen atoms in total. The van der Waals surface area contributed by atoms with Crippen LogP contribution < -0.4 is 26.2 Å². The van der Waals surface area contributed by atoms with Crippen LogP contribution in [-0.4, -0.2) is 89.7 Å². The Kier molecular flexibility index (Phi) is 13.3. The first kappa shape index (κ1) is 37.0. The number of nitrogens with one attached hydrogen (secondary N) is 4. The maximum atomic E-state index is 13.1. The molecule has 49 heavy (non-hydrogen) atoms. The van der Waals surface area contributed by atoms with E-state index in [-0.39, 0.29) is 17.7 Å². The molecule has 260 valence electrons. The van der Waals surface area contributed by atoms with Crippen molar-refractivity contribution in [2.75, 3.05) is 72.9 Å². The van der Waals surface area contributed by atoms with Crippen molar-refractivity contribution in [1.29, 1.82) is 0 Å². The van der Waals surface area contributed by atoms with Crippen molar-refractivity contribution in [3.8, 4) is 0 Å². The molecule has 0 aliphatic carbocycles. The van der Waals surface area contributed by atoms with Crippen LogP contribution in [0, 0.1) is 0 Å². The maximum absolute atomic E-state index is 13.1. The van der Waals surface area contributed by atoms with Crippen LogP contribution in [0.1, 0.15) is 48.1 Å². The smallest absolute Gasteiger partial charge is 0.272 e. The second-order valence-corrected chi connectivity index (χ2v) is 12.5. The van der Waals surface area contributed by atoms with Crippen molar-refractivity contribution < 1.29 is 19.2 Å². The fraction of sp³-hybridized carbons (Fsp3) is 0.314. The van der Waals surface area contributed by atoms with Crippen LogP contribution in [0.25, 0.3) is 0 Å². The van der Waals surface area contributed by atoms with E-state index in [1.54, 1.807) is 90.2 Å². The van der Waals surface area contributed by atoms with Crippen LogP contribution >= 0.6 is 23.2 Å². The molecule has 4 amide bonds. The molecule has 2 aromatic carbocycles. The van der Waals surface area contributed by atoms with Gasteiger partial charge in [-0.3, -0.25) is 19.2 Å². The standard InChI is InChI=1S/C35H42Cl2N8O4/c1-42(2)16-6-15-38-34(48)30-20-27(22-43(30)3)40-32(46)24-9-11-26(12-10-24)39-35(49)31-21-28(23-44(31)4)41-33(47)25-7-5-8-29(19-25)45(17-13-36)18-14-37/h5,7-12,19-23H,6,13-18H2,1-4H3,(H,38,48)(H,39,49)(H,40,46)(H,41,47). The van der Waals surface area contributed by atoms with Gasteiger partial charge in [-0.25, -0.2) is 0 Å². The Bertz CT molecular complexity index is 1760. The number of anilines is 4. The first-order valence-electron chi connectivity index (χ1n) is 15.8. The predicted octanol–water partition coefficient (Wildman–Crippen LogP) is 5.09. The molecule has 0 spiro atoms. The van der Waals surface area contributed by atoms with E-state index >= 15 is 0 Å². The number of carbonyl (C=O) groups excluding carboxylic acids is 4. The Balaban J connectivity index is 1.33. The summed E-state index contributed by atoms with van der Waals surface area (Å²) in [6.45, 7) is 2.61. The lowest BCUT2D eigenvalue weighted by atomic mass is 10.1. The highest BCUT2D eigenvalue weighted by molar-refractivity contribution is 6.18. The number of carbonyl (C=O) groups is 4. The maximum Gasteiger partial charge on any atom is 0.272 e. The van der Waals surface area contributed by atoms with E-state index in [0.717, 1.165) is 18.7 Å². The van der Waals surface area contributed by atoms with Gasteiger partial charge in [-0.1, -0.05) is 6.07 Å². The number of aromatic nitrogens is 2. The predicted molar refractivity (Wildman–Crippen MR) is 197 cm³/mol. The van der Waals surface area contributed by atoms with Crippen molar-refractivity contribution in [2.24, 2.45) is 14.1 Å². The third kappa shape index (κ3) is 10.4. The molecular formula is C35H42Cl2N8O4. The van der Waals surface area contributed by atoms with Crippen LogP contribution in [0.4, 0.5) is 22.7 Å². The molecule has 0 aliphatic heterocycles. The van der Waals surface area contributed by atoms with Gasteiger partial charge in [-0.2, -0.15) is 0 Å². The minimum Gasteiger partial charge on any atom is -0.369 e. The van der Waals surface area contributed by atoms with E-state index < -0.39 is 5.91 Å². The molecular weight excluding hydrogens is 667 g/mol. The van der Waals surface area contributed by atoms with Gasteiger partial charge in [0.2, 0.25) is 0 Å². The summed E-state index contributed by atoms with van der Waals surface area (Å²) in [6.07, 6.45) is 4.16. The summed E-state index contributed by atoms with van der Waals surface area (Å²) in [5.41, 5.74) is 3.85. The molecule has 2 aromatic heterocycles. The van der Waals surface area contributed by atoms with Crippen molar-refractivity contribution >= 4 is 69.6 Å². The lowest BCUT2D eigenvalue weighted by Gasteiger charge is -2.23. The number of alkyl halides is 2. The van der Waals surface area contributed by atoms with Crippen LogP contribution in [0.3, 0.4) is 0 Å². The molecule has 4 aromatic rings. The van der Waals surface area contributed by atoms with E-state index in [0.29, 0.717) is 71.0 Å². The lowest BCUT2D eigenvalue weighted by molar-refractivity contribution is 0.0942. The van der Waals surface area contributed by atoms with Gasteiger partial charge in [0.05, 0.1) is 11.4 Å². The number of rotatable bonds is 16. The summed E-state index contributed by atoms with van der Waals surface area (Å²) >= 11 is 11.9. The zero-order valence-corrected chi connectivity index (χ0v) is 29.6. The number of amides is 4. The number of aryl methyl sites for hydroxylation is 2. The topological polar surface area (TPSA) is 133 Å². The Labute approximate surface area is 296 Å². The van der Waals surface area contributed by atoms with Gasteiger partial charge in [0.1, 0.15) is 11.4 Å². The van der Waals surface area contributed by atoms with E-state index in [1.807, 2.05) is 25.1 Å². The molecule has 0 saturated heterocycles. The fourth-order valence-corrected chi connectivity index (χ4v) is 5.54. The van der Waals surface area contributed by atoms with Crippen LogP contribution in [-0.2, 0) is 14.1 Å². The van der Waals surface area contributed by atoms with Crippen molar-refractivity contribution in [2.45, 2.75) is 6.42 Å². The van der Waals surface area contributed by atoms with E-state index in [4.69, 9.17) is 23.2 Å². The highest BCUT2D eigenvalue weighted by atomic mass is 35.5. The zero-order valence-electron chi connectivity index (χ0n) is 28.1.